The number of carbonyl (C=O) groups excluding carboxylic acids is 1. The molecule has 150 valence electrons. The largest absolute Gasteiger partial charge is 0.491 e. The number of rotatable bonds is 9. The lowest BCUT2D eigenvalue weighted by atomic mass is 10.2. The van der Waals surface area contributed by atoms with E-state index in [9.17, 15) is 13.6 Å². The lowest BCUT2D eigenvalue weighted by Crippen LogP contribution is -2.23. The third-order valence-corrected chi connectivity index (χ3v) is 3.97. The van der Waals surface area contributed by atoms with E-state index in [0.29, 0.717) is 24.6 Å². The van der Waals surface area contributed by atoms with Crippen molar-refractivity contribution in [2.45, 2.75) is 19.4 Å². The average molecular weight is 398 g/mol. The molecule has 1 aromatic heterocycles. The van der Waals surface area contributed by atoms with Crippen molar-refractivity contribution in [2.75, 3.05) is 6.61 Å². The summed E-state index contributed by atoms with van der Waals surface area (Å²) in [5.74, 6) is 0.150. The zero-order valence-corrected chi connectivity index (χ0v) is 15.6. The monoisotopic (exact) mass is 398 g/mol. The second-order valence-electron chi connectivity index (χ2n) is 6.22. The molecule has 0 aliphatic carbocycles. The number of nitrogens with zero attached hydrogens (tertiary/aromatic N) is 1. The van der Waals surface area contributed by atoms with Crippen molar-refractivity contribution in [2.24, 2.45) is 0 Å². The van der Waals surface area contributed by atoms with Crippen LogP contribution in [0.25, 0.3) is 0 Å². The molecule has 0 unspecified atom stereocenters. The summed E-state index contributed by atoms with van der Waals surface area (Å²) in [5.41, 5.74) is 0.812. The highest BCUT2D eigenvalue weighted by Crippen LogP contribution is 2.19. The van der Waals surface area contributed by atoms with Crippen molar-refractivity contribution in [1.82, 2.24) is 10.3 Å². The first-order valence-corrected chi connectivity index (χ1v) is 9.12. The molecule has 1 heterocycles. The molecule has 0 spiro atoms. The number of halogens is 2. The highest BCUT2D eigenvalue weighted by atomic mass is 19.1. The highest BCUT2D eigenvalue weighted by Gasteiger charge is 2.05. The number of hydrogen-bond donors (Lipinski definition) is 1. The Morgan fingerprint density at radius 3 is 2.52 bits per heavy atom. The summed E-state index contributed by atoms with van der Waals surface area (Å²) in [4.78, 5) is 16.1. The molecule has 2 aromatic carbocycles. The number of nitrogens with one attached hydrogen (secondary N) is 1. The van der Waals surface area contributed by atoms with Crippen molar-refractivity contribution in [1.29, 1.82) is 0 Å². The standard InChI is InChI=1S/C22H20F2N2O3/c23-17-8-10-18(11-9-17)29-22-12-7-16(15-26-22)14-25-21(27)6-3-13-28-20-5-2-1-4-19(20)24/h1-2,4-5,7-12,15H,3,6,13-14H2,(H,25,27). The Kier molecular flexibility index (Phi) is 7.10. The van der Waals surface area contributed by atoms with Gasteiger partial charge in [-0.1, -0.05) is 18.2 Å². The van der Waals surface area contributed by atoms with Gasteiger partial charge in [0.25, 0.3) is 0 Å². The lowest BCUT2D eigenvalue weighted by Gasteiger charge is -2.08. The Labute approximate surface area is 167 Å². The first-order valence-electron chi connectivity index (χ1n) is 9.12. The quantitative estimate of drug-likeness (QED) is 0.534. The number of aromatic nitrogens is 1. The summed E-state index contributed by atoms with van der Waals surface area (Å²) < 4.78 is 37.1. The summed E-state index contributed by atoms with van der Waals surface area (Å²) in [6.45, 7) is 0.585. The average Bonchev–Trinajstić information content (AvgIpc) is 2.73. The third-order valence-electron chi connectivity index (χ3n) is 3.97. The second kappa shape index (κ2) is 10.2. The predicted octanol–water partition coefficient (Wildman–Crippen LogP) is 4.63. The molecule has 0 bridgehead atoms. The minimum absolute atomic E-state index is 0.131. The number of hydrogen-bond acceptors (Lipinski definition) is 4. The van der Waals surface area contributed by atoms with Gasteiger partial charge in [-0.2, -0.15) is 0 Å². The molecule has 7 heteroatoms. The topological polar surface area (TPSA) is 60.5 Å². The minimum Gasteiger partial charge on any atom is -0.491 e. The fraction of sp³-hybridized carbons (Fsp3) is 0.182. The Bertz CT molecular complexity index is 932. The summed E-state index contributed by atoms with van der Waals surface area (Å²) in [6.07, 6.45) is 2.34. The van der Waals surface area contributed by atoms with Crippen LogP contribution in [0.3, 0.4) is 0 Å². The number of pyridine rings is 1. The van der Waals surface area contributed by atoms with E-state index >= 15 is 0 Å². The maximum absolute atomic E-state index is 13.4. The van der Waals surface area contributed by atoms with Crippen LogP contribution in [-0.4, -0.2) is 17.5 Å². The van der Waals surface area contributed by atoms with E-state index < -0.39 is 5.82 Å². The van der Waals surface area contributed by atoms with Crippen LogP contribution in [0.4, 0.5) is 8.78 Å². The van der Waals surface area contributed by atoms with Crippen molar-refractivity contribution in [3.8, 4) is 17.4 Å². The Morgan fingerprint density at radius 1 is 1.00 bits per heavy atom. The number of benzene rings is 2. The van der Waals surface area contributed by atoms with Crippen LogP contribution in [0.2, 0.25) is 0 Å². The normalized spacial score (nSPS) is 10.4. The van der Waals surface area contributed by atoms with Gasteiger partial charge in [-0.15, -0.1) is 0 Å². The lowest BCUT2D eigenvalue weighted by molar-refractivity contribution is -0.121. The van der Waals surface area contributed by atoms with Crippen LogP contribution < -0.4 is 14.8 Å². The maximum Gasteiger partial charge on any atom is 0.220 e. The van der Waals surface area contributed by atoms with Gasteiger partial charge in [0.05, 0.1) is 6.61 Å². The minimum atomic E-state index is -0.420. The van der Waals surface area contributed by atoms with E-state index in [4.69, 9.17) is 9.47 Å². The van der Waals surface area contributed by atoms with Gasteiger partial charge in [0.15, 0.2) is 11.6 Å². The third kappa shape index (κ3) is 6.57. The molecule has 1 N–H and O–H groups in total. The summed E-state index contributed by atoms with van der Waals surface area (Å²) in [6, 6.07) is 15.3. The van der Waals surface area contributed by atoms with Gasteiger partial charge >= 0.3 is 0 Å². The van der Waals surface area contributed by atoms with Crippen molar-refractivity contribution in [3.05, 3.63) is 84.1 Å². The number of para-hydroxylation sites is 1. The van der Waals surface area contributed by atoms with Crippen molar-refractivity contribution in [3.63, 3.8) is 0 Å². The van der Waals surface area contributed by atoms with Crippen molar-refractivity contribution < 1.29 is 23.0 Å². The van der Waals surface area contributed by atoms with E-state index in [1.165, 1.54) is 30.3 Å². The molecule has 5 nitrogen and oxygen atoms in total. The second-order valence-corrected chi connectivity index (χ2v) is 6.22. The van der Waals surface area contributed by atoms with E-state index in [0.717, 1.165) is 5.56 Å². The van der Waals surface area contributed by atoms with Gasteiger partial charge in [-0.05, 0) is 48.4 Å². The molecule has 0 saturated heterocycles. The van der Waals surface area contributed by atoms with Gasteiger partial charge < -0.3 is 14.8 Å². The zero-order valence-electron chi connectivity index (χ0n) is 15.6. The van der Waals surface area contributed by atoms with E-state index in [2.05, 4.69) is 10.3 Å². The van der Waals surface area contributed by atoms with Gasteiger partial charge in [0.1, 0.15) is 11.6 Å². The van der Waals surface area contributed by atoms with Crippen LogP contribution in [0.15, 0.2) is 66.9 Å². The van der Waals surface area contributed by atoms with Crippen molar-refractivity contribution >= 4 is 5.91 Å². The van der Waals surface area contributed by atoms with Crippen LogP contribution in [0.1, 0.15) is 18.4 Å². The molecular weight excluding hydrogens is 378 g/mol. The van der Waals surface area contributed by atoms with Crippen LogP contribution in [-0.2, 0) is 11.3 Å². The predicted molar refractivity (Wildman–Crippen MR) is 104 cm³/mol. The van der Waals surface area contributed by atoms with Gasteiger partial charge in [0, 0.05) is 25.2 Å². The van der Waals surface area contributed by atoms with Crippen LogP contribution in [0, 0.1) is 11.6 Å². The van der Waals surface area contributed by atoms with Crippen LogP contribution in [0.5, 0.6) is 17.4 Å². The maximum atomic E-state index is 13.4. The Balaban J connectivity index is 1.36. The SMILES string of the molecule is O=C(CCCOc1ccccc1F)NCc1ccc(Oc2ccc(F)cc2)nc1. The first kappa shape index (κ1) is 20.3. The molecule has 0 saturated carbocycles. The highest BCUT2D eigenvalue weighted by molar-refractivity contribution is 5.75. The van der Waals surface area contributed by atoms with Gasteiger partial charge in [-0.3, -0.25) is 4.79 Å². The molecule has 0 aliphatic rings. The fourth-order valence-corrected chi connectivity index (χ4v) is 2.46. The van der Waals surface area contributed by atoms with E-state index in [1.807, 2.05) is 0 Å². The molecule has 3 aromatic rings. The molecule has 3 rings (SSSR count). The number of ether oxygens (including phenoxy) is 2. The number of carbonyl (C=O) groups is 1. The molecule has 0 atom stereocenters. The summed E-state index contributed by atoms with van der Waals surface area (Å²) in [5, 5.41) is 2.79. The summed E-state index contributed by atoms with van der Waals surface area (Å²) >= 11 is 0. The Morgan fingerprint density at radius 2 is 1.79 bits per heavy atom. The summed E-state index contributed by atoms with van der Waals surface area (Å²) in [7, 11) is 0. The molecular formula is C22H20F2N2O3. The fourth-order valence-electron chi connectivity index (χ4n) is 2.46. The Hall–Kier alpha value is -3.48. The van der Waals surface area contributed by atoms with E-state index in [1.54, 1.807) is 36.5 Å². The molecule has 0 fully saturated rings. The molecule has 1 amide bonds. The van der Waals surface area contributed by atoms with Crippen LogP contribution >= 0.6 is 0 Å². The smallest absolute Gasteiger partial charge is 0.220 e. The zero-order chi connectivity index (χ0) is 20.5. The first-order chi connectivity index (χ1) is 14.1. The number of amides is 1. The van der Waals surface area contributed by atoms with E-state index in [-0.39, 0.29) is 30.5 Å². The van der Waals surface area contributed by atoms with Gasteiger partial charge in [0.2, 0.25) is 11.8 Å². The molecule has 0 aliphatic heterocycles. The van der Waals surface area contributed by atoms with Gasteiger partial charge in [-0.25, -0.2) is 13.8 Å². The molecule has 29 heavy (non-hydrogen) atoms. The molecule has 0 radical (unpaired) electrons.